The molecule has 2 heterocycles. The molecule has 0 saturated heterocycles. The van der Waals surface area contributed by atoms with E-state index in [-0.39, 0.29) is 0 Å². The van der Waals surface area contributed by atoms with Gasteiger partial charge in [0.25, 0.3) is 0 Å². The largest absolute Gasteiger partial charge is 0.258 e. The van der Waals surface area contributed by atoms with Gasteiger partial charge in [-0.25, -0.2) is 0 Å². The number of aromatic nitrogens is 2. The first-order valence-corrected chi connectivity index (χ1v) is 6.64. The molecule has 3 aromatic rings. The minimum Gasteiger partial charge on any atom is -0.258 e. The van der Waals surface area contributed by atoms with E-state index in [1.165, 1.54) is 0 Å². The molecule has 0 N–H and O–H groups in total. The molecule has 2 aromatic heterocycles. The smallest absolute Gasteiger partial charge is 0.0702 e. The minimum absolute atomic E-state index is 1.00. The van der Waals surface area contributed by atoms with Crippen LogP contribution in [-0.4, -0.2) is 9.97 Å². The Hall–Kier alpha value is -2.48. The maximum Gasteiger partial charge on any atom is 0.0702 e. The molecule has 3 rings (SSSR count). The van der Waals surface area contributed by atoms with Crippen molar-refractivity contribution in [1.29, 1.82) is 0 Å². The van der Waals surface area contributed by atoms with E-state index in [2.05, 4.69) is 40.8 Å². The van der Waals surface area contributed by atoms with E-state index in [4.69, 9.17) is 0 Å². The predicted octanol–water partition coefficient (Wildman–Crippen LogP) is 4.31. The summed E-state index contributed by atoms with van der Waals surface area (Å²) in [5.41, 5.74) is 6.25. The predicted molar refractivity (Wildman–Crippen MR) is 83.6 cm³/mol. The first-order valence-electron chi connectivity index (χ1n) is 6.64. The zero-order chi connectivity index (χ0) is 14.1. The molecule has 0 aliphatic rings. The fourth-order valence-electron chi connectivity index (χ4n) is 2.42. The van der Waals surface area contributed by atoms with Crippen molar-refractivity contribution >= 4 is 16.5 Å². The molecule has 20 heavy (non-hydrogen) atoms. The number of rotatable bonds is 2. The van der Waals surface area contributed by atoms with Crippen molar-refractivity contribution in [1.82, 2.24) is 9.97 Å². The fourth-order valence-corrected chi connectivity index (χ4v) is 2.42. The third kappa shape index (κ3) is 2.21. The Balaban J connectivity index is 2.08. The zero-order valence-electron chi connectivity index (χ0n) is 11.7. The van der Waals surface area contributed by atoms with Crippen molar-refractivity contribution < 1.29 is 0 Å². The normalized spacial score (nSPS) is 10.7. The molecule has 0 unspecified atom stereocenters. The number of pyridine rings is 2. The molecule has 0 radical (unpaired) electrons. The number of hydrogen-bond acceptors (Lipinski definition) is 2. The van der Waals surface area contributed by atoms with E-state index in [1.54, 1.807) is 0 Å². The molecule has 1 aromatic carbocycles. The standard InChI is InChI=1S/C18H16N2/c1-12-6-8-17(14(3)20-12)13(2)15-7-9-18-16(11-15)5-4-10-19-18/h4-11H,2H2,1,3H3. The van der Waals surface area contributed by atoms with Crippen LogP contribution in [0, 0.1) is 13.8 Å². The lowest BCUT2D eigenvalue weighted by atomic mass is 9.97. The lowest BCUT2D eigenvalue weighted by molar-refractivity contribution is 1.11. The van der Waals surface area contributed by atoms with Crippen molar-refractivity contribution in [2.24, 2.45) is 0 Å². The number of nitrogens with zero attached hydrogens (tertiary/aromatic N) is 2. The van der Waals surface area contributed by atoms with Gasteiger partial charge in [-0.1, -0.05) is 24.8 Å². The third-order valence-corrected chi connectivity index (χ3v) is 3.50. The fraction of sp³-hybridized carbons (Fsp3) is 0.111. The molecule has 0 atom stereocenters. The van der Waals surface area contributed by atoms with Gasteiger partial charge in [0, 0.05) is 28.5 Å². The number of benzene rings is 1. The van der Waals surface area contributed by atoms with Gasteiger partial charge in [0.2, 0.25) is 0 Å². The zero-order valence-corrected chi connectivity index (χ0v) is 11.7. The molecule has 98 valence electrons. The molecule has 0 amide bonds. The summed E-state index contributed by atoms with van der Waals surface area (Å²) in [6.45, 7) is 8.26. The van der Waals surface area contributed by atoms with Crippen molar-refractivity contribution in [3.05, 3.63) is 77.8 Å². The molecule has 2 heteroatoms. The summed E-state index contributed by atoms with van der Waals surface area (Å²) in [6, 6.07) is 14.4. The highest BCUT2D eigenvalue weighted by Gasteiger charge is 2.07. The summed E-state index contributed by atoms with van der Waals surface area (Å²) in [6.07, 6.45) is 1.81. The van der Waals surface area contributed by atoms with Crippen molar-refractivity contribution in [2.75, 3.05) is 0 Å². The summed E-state index contributed by atoms with van der Waals surface area (Å²) >= 11 is 0. The SMILES string of the molecule is C=C(c1ccc2ncccc2c1)c1ccc(C)nc1C. The van der Waals surface area contributed by atoms with Crippen LogP contribution in [0.3, 0.4) is 0 Å². The quantitative estimate of drug-likeness (QED) is 0.686. The number of fused-ring (bicyclic) bond motifs is 1. The second-order valence-electron chi connectivity index (χ2n) is 4.98. The van der Waals surface area contributed by atoms with Gasteiger partial charge >= 0.3 is 0 Å². The van der Waals surface area contributed by atoms with E-state index in [0.717, 1.165) is 39.0 Å². The Morgan fingerprint density at radius 3 is 2.70 bits per heavy atom. The Kier molecular flexibility index (Phi) is 3.07. The van der Waals surface area contributed by atoms with Crippen molar-refractivity contribution in [3.8, 4) is 0 Å². The van der Waals surface area contributed by atoms with Crippen LogP contribution in [0.5, 0.6) is 0 Å². The van der Waals surface area contributed by atoms with Gasteiger partial charge in [-0.3, -0.25) is 9.97 Å². The van der Waals surface area contributed by atoms with E-state index in [9.17, 15) is 0 Å². The number of aryl methyl sites for hydroxylation is 2. The van der Waals surface area contributed by atoms with Crippen LogP contribution in [0.2, 0.25) is 0 Å². The summed E-state index contributed by atoms with van der Waals surface area (Å²) in [7, 11) is 0. The van der Waals surface area contributed by atoms with Gasteiger partial charge in [0.15, 0.2) is 0 Å². The van der Waals surface area contributed by atoms with Gasteiger partial charge in [-0.2, -0.15) is 0 Å². The monoisotopic (exact) mass is 260 g/mol. The molecule has 0 saturated carbocycles. The summed E-state index contributed by atoms with van der Waals surface area (Å²) in [5, 5.41) is 1.13. The second-order valence-corrected chi connectivity index (χ2v) is 4.98. The molecule has 0 aliphatic heterocycles. The van der Waals surface area contributed by atoms with Crippen LogP contribution in [0.25, 0.3) is 16.5 Å². The van der Waals surface area contributed by atoms with Crippen molar-refractivity contribution in [3.63, 3.8) is 0 Å². The van der Waals surface area contributed by atoms with Crippen LogP contribution in [-0.2, 0) is 0 Å². The van der Waals surface area contributed by atoms with Gasteiger partial charge in [-0.15, -0.1) is 0 Å². The van der Waals surface area contributed by atoms with Crippen LogP contribution >= 0.6 is 0 Å². The van der Waals surface area contributed by atoms with Crippen LogP contribution in [0.1, 0.15) is 22.5 Å². The van der Waals surface area contributed by atoms with E-state index in [0.29, 0.717) is 0 Å². The van der Waals surface area contributed by atoms with Gasteiger partial charge in [0.05, 0.1) is 5.52 Å². The molecule has 0 bridgehead atoms. The van der Waals surface area contributed by atoms with Crippen LogP contribution < -0.4 is 0 Å². The lowest BCUT2D eigenvalue weighted by Crippen LogP contribution is -1.95. The molecule has 0 spiro atoms. The summed E-state index contributed by atoms with van der Waals surface area (Å²) in [4.78, 5) is 8.85. The topological polar surface area (TPSA) is 25.8 Å². The van der Waals surface area contributed by atoms with E-state index < -0.39 is 0 Å². The second kappa shape index (κ2) is 4.89. The van der Waals surface area contributed by atoms with Crippen molar-refractivity contribution in [2.45, 2.75) is 13.8 Å². The highest BCUT2D eigenvalue weighted by Crippen LogP contribution is 2.26. The maximum atomic E-state index is 4.51. The van der Waals surface area contributed by atoms with Crippen LogP contribution in [0.4, 0.5) is 0 Å². The summed E-state index contributed by atoms with van der Waals surface area (Å²) < 4.78 is 0. The Morgan fingerprint density at radius 2 is 1.90 bits per heavy atom. The highest BCUT2D eigenvalue weighted by atomic mass is 14.7. The Labute approximate surface area is 118 Å². The lowest BCUT2D eigenvalue weighted by Gasteiger charge is -2.10. The first-order chi connectivity index (χ1) is 9.65. The maximum absolute atomic E-state index is 4.51. The minimum atomic E-state index is 1.00. The third-order valence-electron chi connectivity index (χ3n) is 3.50. The molecule has 2 nitrogen and oxygen atoms in total. The molecular formula is C18H16N2. The van der Waals surface area contributed by atoms with Gasteiger partial charge < -0.3 is 0 Å². The first kappa shape index (κ1) is 12.5. The Bertz CT molecular complexity index is 803. The average molecular weight is 260 g/mol. The Morgan fingerprint density at radius 1 is 1.05 bits per heavy atom. The van der Waals surface area contributed by atoms with E-state index >= 15 is 0 Å². The van der Waals surface area contributed by atoms with Gasteiger partial charge in [0.1, 0.15) is 0 Å². The highest BCUT2D eigenvalue weighted by molar-refractivity contribution is 5.87. The molecule has 0 aliphatic carbocycles. The van der Waals surface area contributed by atoms with Gasteiger partial charge in [-0.05, 0) is 49.2 Å². The number of hydrogen-bond donors (Lipinski definition) is 0. The molecule has 0 fully saturated rings. The van der Waals surface area contributed by atoms with E-state index in [1.807, 2.05) is 38.2 Å². The average Bonchev–Trinajstić information content (AvgIpc) is 2.46. The summed E-state index contributed by atoms with van der Waals surface area (Å²) in [5.74, 6) is 0. The van der Waals surface area contributed by atoms with Crippen LogP contribution in [0.15, 0.2) is 55.2 Å². The molecular weight excluding hydrogens is 244 g/mol.